The standard InChI is InChI=1S/C15H21BrN2O4S/c1-15(2,3)18(14(19)20)10-11-8-17(9-11)23(21,22)13-7-5-4-6-12(13)16/h4-7,11H,8-10H2,1-3H3,(H,19,20). The van der Waals surface area contributed by atoms with Crippen molar-refractivity contribution in [3.8, 4) is 0 Å². The molecule has 1 amide bonds. The van der Waals surface area contributed by atoms with E-state index < -0.39 is 21.7 Å². The van der Waals surface area contributed by atoms with Gasteiger partial charge in [0.2, 0.25) is 10.0 Å². The molecule has 1 aromatic carbocycles. The van der Waals surface area contributed by atoms with Crippen LogP contribution >= 0.6 is 15.9 Å². The molecule has 23 heavy (non-hydrogen) atoms. The fourth-order valence-corrected chi connectivity index (χ4v) is 5.08. The summed E-state index contributed by atoms with van der Waals surface area (Å²) in [6.45, 7) is 6.49. The summed E-state index contributed by atoms with van der Waals surface area (Å²) in [4.78, 5) is 13.0. The second kappa shape index (κ2) is 6.41. The van der Waals surface area contributed by atoms with Gasteiger partial charge in [-0.25, -0.2) is 13.2 Å². The van der Waals surface area contributed by atoms with Gasteiger partial charge in [0.15, 0.2) is 0 Å². The largest absolute Gasteiger partial charge is 0.465 e. The van der Waals surface area contributed by atoms with Gasteiger partial charge in [0.05, 0.1) is 4.90 Å². The highest BCUT2D eigenvalue weighted by molar-refractivity contribution is 9.10. The van der Waals surface area contributed by atoms with Crippen LogP contribution in [0.15, 0.2) is 33.6 Å². The maximum atomic E-state index is 12.6. The highest BCUT2D eigenvalue weighted by Gasteiger charge is 2.40. The number of rotatable bonds is 4. The van der Waals surface area contributed by atoms with E-state index in [1.807, 2.05) is 20.8 Å². The molecule has 1 aromatic rings. The molecule has 8 heteroatoms. The van der Waals surface area contributed by atoms with Crippen LogP contribution in [0.25, 0.3) is 0 Å². The van der Waals surface area contributed by atoms with Crippen molar-refractivity contribution in [1.82, 2.24) is 9.21 Å². The molecule has 1 aliphatic rings. The minimum atomic E-state index is -3.54. The van der Waals surface area contributed by atoms with Crippen molar-refractivity contribution >= 4 is 32.0 Å². The Morgan fingerprint density at radius 3 is 2.39 bits per heavy atom. The van der Waals surface area contributed by atoms with Crippen LogP contribution in [0, 0.1) is 5.92 Å². The zero-order valence-corrected chi connectivity index (χ0v) is 15.8. The number of carboxylic acid groups (broad SMARTS) is 1. The number of hydrogen-bond acceptors (Lipinski definition) is 3. The molecule has 0 unspecified atom stereocenters. The number of sulfonamides is 1. The van der Waals surface area contributed by atoms with Crippen LogP contribution in [0.2, 0.25) is 0 Å². The minimum absolute atomic E-state index is 0.0163. The van der Waals surface area contributed by atoms with Gasteiger partial charge in [-0.1, -0.05) is 12.1 Å². The van der Waals surface area contributed by atoms with E-state index in [0.29, 0.717) is 24.1 Å². The summed E-state index contributed by atoms with van der Waals surface area (Å²) in [6.07, 6.45) is -0.982. The van der Waals surface area contributed by atoms with Crippen molar-refractivity contribution in [1.29, 1.82) is 0 Å². The number of amides is 1. The van der Waals surface area contributed by atoms with E-state index in [1.165, 1.54) is 9.21 Å². The molecule has 2 rings (SSSR count). The highest BCUT2D eigenvalue weighted by Crippen LogP contribution is 2.30. The van der Waals surface area contributed by atoms with Gasteiger partial charge in [-0.3, -0.25) is 0 Å². The molecule has 6 nitrogen and oxygen atoms in total. The Bertz CT molecular complexity index is 694. The number of nitrogens with zero attached hydrogens (tertiary/aromatic N) is 2. The molecule has 1 saturated heterocycles. The van der Waals surface area contributed by atoms with Crippen LogP contribution < -0.4 is 0 Å². The van der Waals surface area contributed by atoms with E-state index in [0.717, 1.165) is 0 Å². The Morgan fingerprint density at radius 1 is 1.35 bits per heavy atom. The van der Waals surface area contributed by atoms with Gasteiger partial charge in [-0.15, -0.1) is 0 Å². The monoisotopic (exact) mass is 404 g/mol. The minimum Gasteiger partial charge on any atom is -0.465 e. The lowest BCUT2D eigenvalue weighted by atomic mass is 9.99. The van der Waals surface area contributed by atoms with Gasteiger partial charge >= 0.3 is 6.09 Å². The van der Waals surface area contributed by atoms with Gasteiger partial charge in [0.25, 0.3) is 0 Å². The van der Waals surface area contributed by atoms with Crippen LogP contribution in [0.3, 0.4) is 0 Å². The molecule has 1 aliphatic heterocycles. The molecule has 1 fully saturated rings. The van der Waals surface area contributed by atoms with Gasteiger partial charge in [-0.05, 0) is 48.8 Å². The second-order valence-corrected chi connectivity index (χ2v) is 9.44. The molecule has 0 atom stereocenters. The number of hydrogen-bond donors (Lipinski definition) is 1. The first-order valence-corrected chi connectivity index (χ1v) is 9.52. The molecule has 0 radical (unpaired) electrons. The molecule has 1 N–H and O–H groups in total. The van der Waals surface area contributed by atoms with Crippen molar-refractivity contribution in [2.75, 3.05) is 19.6 Å². The lowest BCUT2D eigenvalue weighted by molar-refractivity contribution is 0.0655. The Balaban J connectivity index is 2.04. The second-order valence-electron chi connectivity index (χ2n) is 6.68. The first kappa shape index (κ1) is 18.2. The summed E-state index contributed by atoms with van der Waals surface area (Å²) >= 11 is 3.26. The van der Waals surface area contributed by atoms with E-state index >= 15 is 0 Å². The van der Waals surface area contributed by atoms with Gasteiger partial charge in [-0.2, -0.15) is 4.31 Å². The Morgan fingerprint density at radius 2 is 1.91 bits per heavy atom. The predicted octanol–water partition coefficient (Wildman–Crippen LogP) is 2.85. The SMILES string of the molecule is CC(C)(C)N(CC1CN(S(=O)(=O)c2ccccc2Br)C1)C(=O)O. The van der Waals surface area contributed by atoms with E-state index in [-0.39, 0.29) is 10.8 Å². The molecular formula is C15H21BrN2O4S. The molecule has 0 aromatic heterocycles. The van der Waals surface area contributed by atoms with E-state index in [4.69, 9.17) is 0 Å². The Kier molecular flexibility index (Phi) is 5.08. The topological polar surface area (TPSA) is 77.9 Å². The third-order valence-corrected chi connectivity index (χ3v) is 6.70. The summed E-state index contributed by atoms with van der Waals surface area (Å²) in [5.41, 5.74) is -0.506. The van der Waals surface area contributed by atoms with Crippen LogP contribution in [0.5, 0.6) is 0 Å². The van der Waals surface area contributed by atoms with Gasteiger partial charge in [0, 0.05) is 35.6 Å². The van der Waals surface area contributed by atoms with Gasteiger partial charge in [0.1, 0.15) is 0 Å². The van der Waals surface area contributed by atoms with Crippen molar-refractivity contribution < 1.29 is 18.3 Å². The van der Waals surface area contributed by atoms with E-state index in [2.05, 4.69) is 15.9 Å². The fourth-order valence-electron chi connectivity index (χ4n) is 2.52. The molecular weight excluding hydrogens is 384 g/mol. The summed E-state index contributed by atoms with van der Waals surface area (Å²) in [7, 11) is -3.54. The number of halogens is 1. The normalized spacial score (nSPS) is 16.9. The first-order valence-electron chi connectivity index (χ1n) is 7.28. The molecule has 0 bridgehead atoms. The molecule has 0 saturated carbocycles. The maximum absolute atomic E-state index is 12.6. The molecule has 0 aliphatic carbocycles. The summed E-state index contributed by atoms with van der Waals surface area (Å²) in [5, 5.41) is 9.31. The maximum Gasteiger partial charge on any atom is 0.407 e. The summed E-state index contributed by atoms with van der Waals surface area (Å²) in [5.74, 6) is 0.0163. The van der Waals surface area contributed by atoms with Gasteiger partial charge < -0.3 is 10.0 Å². The van der Waals surface area contributed by atoms with E-state index in [1.54, 1.807) is 24.3 Å². The lowest BCUT2D eigenvalue weighted by Gasteiger charge is -2.43. The quantitative estimate of drug-likeness (QED) is 0.836. The van der Waals surface area contributed by atoms with Crippen LogP contribution in [0.1, 0.15) is 20.8 Å². The highest BCUT2D eigenvalue weighted by atomic mass is 79.9. The average Bonchev–Trinajstić information content (AvgIpc) is 2.34. The smallest absolute Gasteiger partial charge is 0.407 e. The van der Waals surface area contributed by atoms with Crippen molar-refractivity contribution in [3.05, 3.63) is 28.7 Å². The van der Waals surface area contributed by atoms with Crippen molar-refractivity contribution in [2.45, 2.75) is 31.2 Å². The molecule has 0 spiro atoms. The molecule has 128 valence electrons. The van der Waals surface area contributed by atoms with Crippen LogP contribution in [-0.4, -0.2) is 54.0 Å². The Labute approximate surface area is 145 Å². The van der Waals surface area contributed by atoms with Crippen LogP contribution in [-0.2, 0) is 10.0 Å². The first-order chi connectivity index (χ1) is 10.5. The van der Waals surface area contributed by atoms with Crippen molar-refractivity contribution in [2.24, 2.45) is 5.92 Å². The van der Waals surface area contributed by atoms with Crippen LogP contribution in [0.4, 0.5) is 4.79 Å². The predicted molar refractivity (Wildman–Crippen MR) is 90.9 cm³/mol. The Hall–Kier alpha value is -1.12. The third-order valence-electron chi connectivity index (χ3n) is 3.86. The third kappa shape index (κ3) is 3.87. The zero-order chi connectivity index (χ0) is 17.4. The fraction of sp³-hybridized carbons (Fsp3) is 0.533. The number of carbonyl (C=O) groups is 1. The average molecular weight is 405 g/mol. The summed E-state index contributed by atoms with van der Waals surface area (Å²) < 4.78 is 27.0. The number of benzene rings is 1. The zero-order valence-electron chi connectivity index (χ0n) is 13.4. The van der Waals surface area contributed by atoms with E-state index in [9.17, 15) is 18.3 Å². The molecule has 1 heterocycles. The van der Waals surface area contributed by atoms with Crippen molar-refractivity contribution in [3.63, 3.8) is 0 Å². The lowest BCUT2D eigenvalue weighted by Crippen LogP contribution is -2.57. The summed E-state index contributed by atoms with van der Waals surface area (Å²) in [6, 6.07) is 6.69.